The number of ether oxygens (including phenoxy) is 1. The van der Waals surface area contributed by atoms with Crippen LogP contribution >= 0.6 is 11.3 Å². The van der Waals surface area contributed by atoms with Gasteiger partial charge in [-0.2, -0.15) is 0 Å². The molecule has 0 aliphatic rings. The molecule has 0 bridgehead atoms. The van der Waals surface area contributed by atoms with E-state index >= 15 is 0 Å². The highest BCUT2D eigenvalue weighted by atomic mass is 32.1. The van der Waals surface area contributed by atoms with Gasteiger partial charge < -0.3 is 9.84 Å². The molecule has 0 saturated carbocycles. The topological polar surface area (TPSA) is 59.4 Å². The van der Waals surface area contributed by atoms with E-state index in [1.165, 1.54) is 11.3 Å². The number of hydrogen-bond acceptors (Lipinski definition) is 4. The van der Waals surface area contributed by atoms with Crippen LogP contribution in [0.5, 0.6) is 11.5 Å². The van der Waals surface area contributed by atoms with E-state index in [0.717, 1.165) is 32.3 Å². The molecule has 4 rings (SSSR count). The first-order chi connectivity index (χ1) is 13.7. The van der Waals surface area contributed by atoms with Crippen molar-refractivity contribution in [3.8, 4) is 11.5 Å². The van der Waals surface area contributed by atoms with E-state index in [2.05, 4.69) is 4.98 Å². The molecule has 5 heteroatoms. The minimum Gasteiger partial charge on any atom is -0.481 e. The Labute approximate surface area is 166 Å². The van der Waals surface area contributed by atoms with Crippen LogP contribution in [-0.4, -0.2) is 16.1 Å². The van der Waals surface area contributed by atoms with Crippen molar-refractivity contribution in [2.24, 2.45) is 0 Å². The highest BCUT2D eigenvalue weighted by Crippen LogP contribution is 2.31. The van der Waals surface area contributed by atoms with Crippen molar-refractivity contribution in [1.29, 1.82) is 0 Å². The second kappa shape index (κ2) is 8.06. The number of thiazole rings is 1. The van der Waals surface area contributed by atoms with Crippen molar-refractivity contribution in [3.63, 3.8) is 0 Å². The normalized spacial score (nSPS) is 11.5. The highest BCUT2D eigenvalue weighted by molar-refractivity contribution is 7.19. The van der Waals surface area contributed by atoms with Gasteiger partial charge in [0, 0.05) is 0 Å². The third kappa shape index (κ3) is 4.27. The summed E-state index contributed by atoms with van der Waals surface area (Å²) in [5, 5.41) is 10.1. The van der Waals surface area contributed by atoms with Gasteiger partial charge in [-0.3, -0.25) is 4.79 Å². The summed E-state index contributed by atoms with van der Waals surface area (Å²) in [5.74, 6) is 0.615. The van der Waals surface area contributed by atoms with Gasteiger partial charge in [-0.05, 0) is 53.6 Å². The largest absolute Gasteiger partial charge is 0.481 e. The lowest BCUT2D eigenvalue weighted by atomic mass is 10.1. The number of carbonyl (C=O) groups is 1. The number of fused-ring (bicyclic) bond motifs is 1. The minimum atomic E-state index is -0.880. The monoisotopic (exact) mass is 387 g/mol. The maximum atomic E-state index is 11.4. The van der Waals surface area contributed by atoms with E-state index < -0.39 is 5.97 Å². The fourth-order valence-electron chi connectivity index (χ4n) is 2.82. The molecule has 0 atom stereocenters. The van der Waals surface area contributed by atoms with Gasteiger partial charge in [0.05, 0.1) is 16.6 Å². The molecular weight excluding hydrogens is 370 g/mol. The fraction of sp³-hybridized carbons (Fsp3) is 0.0435. The summed E-state index contributed by atoms with van der Waals surface area (Å²) in [5.41, 5.74) is 2.46. The van der Waals surface area contributed by atoms with Gasteiger partial charge in [-0.15, -0.1) is 11.3 Å². The highest BCUT2D eigenvalue weighted by Gasteiger charge is 2.12. The molecule has 0 spiro atoms. The average molecular weight is 387 g/mol. The maximum Gasteiger partial charge on any atom is 0.307 e. The summed E-state index contributed by atoms with van der Waals surface area (Å²) in [7, 11) is 0. The Morgan fingerprint density at radius 1 is 0.929 bits per heavy atom. The third-order valence-corrected chi connectivity index (χ3v) is 5.22. The number of nitrogens with zero attached hydrogens (tertiary/aromatic N) is 1. The summed E-state index contributed by atoms with van der Waals surface area (Å²) in [4.78, 5) is 16.0. The Hall–Kier alpha value is -3.44. The van der Waals surface area contributed by atoms with Crippen LogP contribution in [0.15, 0.2) is 78.9 Å². The van der Waals surface area contributed by atoms with Crippen molar-refractivity contribution in [2.45, 2.75) is 6.42 Å². The Morgan fingerprint density at radius 3 is 2.32 bits per heavy atom. The van der Waals surface area contributed by atoms with Crippen molar-refractivity contribution in [2.75, 3.05) is 0 Å². The first-order valence-electron chi connectivity index (χ1n) is 8.79. The Balaban J connectivity index is 1.61. The molecular formula is C23H17NO3S. The van der Waals surface area contributed by atoms with Crippen LogP contribution in [0.25, 0.3) is 21.9 Å². The smallest absolute Gasteiger partial charge is 0.307 e. The number of hydrogen-bond donors (Lipinski definition) is 1. The number of rotatable bonds is 6. The predicted molar refractivity (Wildman–Crippen MR) is 113 cm³/mol. The van der Waals surface area contributed by atoms with E-state index in [9.17, 15) is 9.90 Å². The average Bonchev–Trinajstić information content (AvgIpc) is 3.14. The number of para-hydroxylation sites is 2. The standard InChI is InChI=1S/C23H17NO3S/c25-22(26)15-17(23-24-20-8-4-5-9-21(20)28-23)14-16-10-12-19(13-11-16)27-18-6-2-1-3-7-18/h1-14H,15H2,(H,25,26). The molecule has 0 radical (unpaired) electrons. The zero-order valence-corrected chi connectivity index (χ0v) is 15.7. The van der Waals surface area contributed by atoms with E-state index in [1.807, 2.05) is 84.9 Å². The van der Waals surface area contributed by atoms with Crippen LogP contribution < -0.4 is 4.74 Å². The molecule has 1 heterocycles. The zero-order valence-electron chi connectivity index (χ0n) is 14.9. The second-order valence-corrected chi connectivity index (χ2v) is 7.24. The predicted octanol–water partition coefficient (Wildman–Crippen LogP) is 6.10. The van der Waals surface area contributed by atoms with Gasteiger partial charge in [0.25, 0.3) is 0 Å². The van der Waals surface area contributed by atoms with E-state index in [1.54, 1.807) is 0 Å². The second-order valence-electron chi connectivity index (χ2n) is 6.21. The summed E-state index contributed by atoms with van der Waals surface area (Å²) in [6.07, 6.45) is 1.79. The molecule has 1 aromatic heterocycles. The number of carboxylic acid groups (broad SMARTS) is 1. The number of benzene rings is 3. The minimum absolute atomic E-state index is 0.0813. The first-order valence-corrected chi connectivity index (χ1v) is 9.60. The van der Waals surface area contributed by atoms with Crippen molar-refractivity contribution < 1.29 is 14.6 Å². The van der Waals surface area contributed by atoms with Crippen LogP contribution in [0.3, 0.4) is 0 Å². The lowest BCUT2D eigenvalue weighted by molar-refractivity contribution is -0.135. The lowest BCUT2D eigenvalue weighted by Gasteiger charge is -2.06. The molecule has 1 N–H and O–H groups in total. The molecule has 4 aromatic rings. The van der Waals surface area contributed by atoms with Crippen LogP contribution in [0.1, 0.15) is 17.0 Å². The van der Waals surface area contributed by atoms with Crippen molar-refractivity contribution >= 4 is 39.2 Å². The first kappa shape index (κ1) is 17.9. The van der Waals surface area contributed by atoms with E-state index in [4.69, 9.17) is 4.74 Å². The Bertz CT molecular complexity index is 1100. The van der Waals surface area contributed by atoms with Crippen molar-refractivity contribution in [1.82, 2.24) is 4.98 Å². The number of carboxylic acids is 1. The summed E-state index contributed by atoms with van der Waals surface area (Å²) < 4.78 is 6.84. The molecule has 4 nitrogen and oxygen atoms in total. The molecule has 0 aliphatic heterocycles. The molecule has 0 saturated heterocycles. The van der Waals surface area contributed by atoms with Crippen LogP contribution in [-0.2, 0) is 4.79 Å². The molecule has 0 amide bonds. The summed E-state index contributed by atoms with van der Waals surface area (Å²) in [6, 6.07) is 24.9. The van der Waals surface area contributed by atoms with Crippen LogP contribution in [0, 0.1) is 0 Å². The van der Waals surface area contributed by atoms with Gasteiger partial charge >= 0.3 is 5.97 Å². The zero-order chi connectivity index (χ0) is 19.3. The third-order valence-electron chi connectivity index (χ3n) is 4.11. The van der Waals surface area contributed by atoms with Gasteiger partial charge in [0.1, 0.15) is 16.5 Å². The van der Waals surface area contributed by atoms with E-state index in [0.29, 0.717) is 5.57 Å². The van der Waals surface area contributed by atoms with Crippen LogP contribution in [0.2, 0.25) is 0 Å². The van der Waals surface area contributed by atoms with Gasteiger partial charge in [0.2, 0.25) is 0 Å². The van der Waals surface area contributed by atoms with Gasteiger partial charge in [-0.1, -0.05) is 42.5 Å². The number of aliphatic carboxylic acids is 1. The fourth-order valence-corrected chi connectivity index (χ4v) is 3.80. The molecule has 0 unspecified atom stereocenters. The number of aromatic nitrogens is 1. The molecule has 0 fully saturated rings. The quantitative estimate of drug-likeness (QED) is 0.434. The van der Waals surface area contributed by atoms with Gasteiger partial charge in [0.15, 0.2) is 0 Å². The molecule has 3 aromatic carbocycles. The summed E-state index contributed by atoms with van der Waals surface area (Å²) >= 11 is 1.50. The van der Waals surface area contributed by atoms with Crippen molar-refractivity contribution in [3.05, 3.63) is 89.4 Å². The van der Waals surface area contributed by atoms with Gasteiger partial charge in [-0.25, -0.2) is 4.98 Å². The van der Waals surface area contributed by atoms with E-state index in [-0.39, 0.29) is 6.42 Å². The molecule has 28 heavy (non-hydrogen) atoms. The molecule has 138 valence electrons. The lowest BCUT2D eigenvalue weighted by Crippen LogP contribution is -1.97. The molecule has 0 aliphatic carbocycles. The van der Waals surface area contributed by atoms with Crippen LogP contribution in [0.4, 0.5) is 0 Å². The Morgan fingerprint density at radius 2 is 1.61 bits per heavy atom. The SMILES string of the molecule is O=C(O)CC(=Cc1ccc(Oc2ccccc2)cc1)c1nc2ccccc2s1. The maximum absolute atomic E-state index is 11.4. The Kier molecular flexibility index (Phi) is 5.17. The summed E-state index contributed by atoms with van der Waals surface area (Å²) in [6.45, 7) is 0.